The Morgan fingerprint density at radius 3 is 2.51 bits per heavy atom. The Morgan fingerprint density at radius 2 is 1.87 bits per heavy atom. The van der Waals surface area contributed by atoms with Crippen molar-refractivity contribution in [3.05, 3.63) is 59.1 Å². The van der Waals surface area contributed by atoms with Crippen molar-refractivity contribution in [2.75, 3.05) is 31.1 Å². The Hall–Kier alpha value is -4.66. The van der Waals surface area contributed by atoms with Gasteiger partial charge in [0, 0.05) is 37.8 Å². The van der Waals surface area contributed by atoms with Crippen molar-refractivity contribution in [3.8, 4) is 11.2 Å². The van der Waals surface area contributed by atoms with Gasteiger partial charge in [-0.2, -0.15) is 9.98 Å². The van der Waals surface area contributed by atoms with Gasteiger partial charge in [-0.25, -0.2) is 27.2 Å². The van der Waals surface area contributed by atoms with Gasteiger partial charge in [-0.1, -0.05) is 23.5 Å². The van der Waals surface area contributed by atoms with E-state index in [0.29, 0.717) is 83.8 Å². The number of benzene rings is 1. The lowest BCUT2D eigenvalue weighted by molar-refractivity contribution is 0.0740. The molecule has 1 aliphatic carbocycles. The molecule has 7 rings (SSSR count). The van der Waals surface area contributed by atoms with Crippen LogP contribution in [0.5, 0.6) is 0 Å². The van der Waals surface area contributed by atoms with E-state index in [0.717, 1.165) is 5.56 Å². The minimum atomic E-state index is -4.10. The van der Waals surface area contributed by atoms with Crippen LogP contribution in [0, 0.1) is 18.3 Å². The fourth-order valence-corrected chi connectivity index (χ4v) is 7.47. The maximum Gasteiger partial charge on any atom is 0.291 e. The minimum Gasteiger partial charge on any atom is -0.352 e. The third-order valence-corrected chi connectivity index (χ3v) is 10.4. The second-order valence-corrected chi connectivity index (χ2v) is 13.6. The van der Waals surface area contributed by atoms with Crippen molar-refractivity contribution < 1.29 is 22.0 Å². The molecular formula is C28H24F2N10O3S2. The Morgan fingerprint density at radius 1 is 1.09 bits per heavy atom. The van der Waals surface area contributed by atoms with E-state index in [9.17, 15) is 27.3 Å². The highest BCUT2D eigenvalue weighted by Gasteiger charge is 2.47. The second-order valence-electron chi connectivity index (χ2n) is 10.9. The summed E-state index contributed by atoms with van der Waals surface area (Å²) in [4.78, 5) is 30.0. The molecule has 5 aromatic rings. The third-order valence-electron chi connectivity index (χ3n) is 7.91. The highest BCUT2D eigenvalue weighted by Crippen LogP contribution is 2.40. The summed E-state index contributed by atoms with van der Waals surface area (Å²) in [5.41, 5.74) is 0.852. The molecule has 1 amide bonds. The average Bonchev–Trinajstić information content (AvgIpc) is 3.48. The van der Waals surface area contributed by atoms with E-state index in [1.54, 1.807) is 23.2 Å². The summed E-state index contributed by atoms with van der Waals surface area (Å²) < 4.78 is 57.6. The lowest BCUT2D eigenvalue weighted by Gasteiger charge is -2.35. The average molecular weight is 651 g/mol. The van der Waals surface area contributed by atoms with Crippen molar-refractivity contribution >= 4 is 55.0 Å². The molecule has 0 radical (unpaired) electrons. The Bertz CT molecular complexity index is 2110. The van der Waals surface area contributed by atoms with E-state index in [1.165, 1.54) is 23.0 Å². The predicted molar refractivity (Wildman–Crippen MR) is 160 cm³/mol. The number of carbonyl (C=O) groups is 1. The molecule has 1 aliphatic heterocycles. The number of amides is 1. The molecule has 230 valence electrons. The van der Waals surface area contributed by atoms with Gasteiger partial charge in [-0.3, -0.25) is 14.3 Å². The Labute approximate surface area is 259 Å². The normalized spacial score (nSPS) is 16.4. The van der Waals surface area contributed by atoms with Gasteiger partial charge in [0.15, 0.2) is 10.7 Å². The summed E-state index contributed by atoms with van der Waals surface area (Å²) in [5, 5.41) is 17.8. The maximum atomic E-state index is 13.5. The van der Waals surface area contributed by atoms with Gasteiger partial charge < -0.3 is 9.80 Å². The molecule has 5 heterocycles. The predicted octanol–water partition coefficient (Wildman–Crippen LogP) is 3.36. The van der Waals surface area contributed by atoms with Crippen LogP contribution in [-0.4, -0.2) is 80.7 Å². The number of anilines is 1. The molecule has 0 spiro atoms. The van der Waals surface area contributed by atoms with Gasteiger partial charge in [-0.15, -0.1) is 10.2 Å². The molecule has 13 nitrogen and oxygen atoms in total. The molecule has 4 aromatic heterocycles. The van der Waals surface area contributed by atoms with Crippen LogP contribution >= 0.6 is 11.3 Å². The van der Waals surface area contributed by atoms with E-state index in [-0.39, 0.29) is 15.9 Å². The lowest BCUT2D eigenvalue weighted by Crippen LogP contribution is -2.49. The van der Waals surface area contributed by atoms with Crippen LogP contribution in [0.15, 0.2) is 47.8 Å². The van der Waals surface area contributed by atoms with Crippen LogP contribution in [0.4, 0.5) is 14.6 Å². The maximum absolute atomic E-state index is 13.5. The SMILES string of the molecule is Cc1ccc(C(=O)N2CCN(c3ncnc4c3c3ccc(S(=O)(=O)NC5(C#N)CC5)cc3n4-c3nnc(C(F)F)s3)CC2)nc1. The van der Waals surface area contributed by atoms with Crippen molar-refractivity contribution in [3.63, 3.8) is 0 Å². The molecule has 1 saturated heterocycles. The van der Waals surface area contributed by atoms with E-state index in [2.05, 4.69) is 29.9 Å². The monoisotopic (exact) mass is 650 g/mol. The van der Waals surface area contributed by atoms with E-state index >= 15 is 0 Å². The van der Waals surface area contributed by atoms with Crippen LogP contribution < -0.4 is 9.62 Å². The number of hydrogen-bond acceptors (Lipinski definition) is 11. The largest absolute Gasteiger partial charge is 0.352 e. The van der Waals surface area contributed by atoms with E-state index in [1.807, 2.05) is 24.0 Å². The molecule has 1 N–H and O–H groups in total. The smallest absolute Gasteiger partial charge is 0.291 e. The van der Waals surface area contributed by atoms with Crippen LogP contribution in [0.2, 0.25) is 0 Å². The summed E-state index contributed by atoms with van der Waals surface area (Å²) in [5.74, 6) is 0.370. The van der Waals surface area contributed by atoms with Crippen molar-refractivity contribution in [1.29, 1.82) is 5.26 Å². The number of fused-ring (bicyclic) bond motifs is 3. The van der Waals surface area contributed by atoms with Crippen LogP contribution in [0.1, 0.15) is 40.3 Å². The van der Waals surface area contributed by atoms with Gasteiger partial charge in [0.05, 0.1) is 21.9 Å². The van der Waals surface area contributed by atoms with Gasteiger partial charge in [0.25, 0.3) is 12.3 Å². The van der Waals surface area contributed by atoms with Crippen molar-refractivity contribution in [1.82, 2.24) is 39.3 Å². The van der Waals surface area contributed by atoms with Gasteiger partial charge in [0.2, 0.25) is 15.2 Å². The first-order valence-electron chi connectivity index (χ1n) is 13.9. The minimum absolute atomic E-state index is 0.0779. The fraction of sp³-hybridized carbons (Fsp3) is 0.321. The molecule has 17 heteroatoms. The van der Waals surface area contributed by atoms with Crippen molar-refractivity contribution in [2.45, 2.75) is 36.6 Å². The number of aryl methyl sites for hydroxylation is 1. The number of hydrogen-bond donors (Lipinski definition) is 1. The second kappa shape index (κ2) is 10.8. The molecule has 0 bridgehead atoms. The fourth-order valence-electron chi connectivity index (χ4n) is 5.36. The number of nitrogens with one attached hydrogen (secondary N) is 1. The highest BCUT2D eigenvalue weighted by molar-refractivity contribution is 7.89. The molecule has 2 aliphatic rings. The first kappa shape index (κ1) is 29.1. The first-order chi connectivity index (χ1) is 21.6. The van der Waals surface area contributed by atoms with Crippen molar-refractivity contribution in [2.24, 2.45) is 0 Å². The standard InChI is InChI=1S/C28H24F2N10O3S2/c1-16-2-5-19(32-13-16)26(41)39-10-8-38(9-11-39)23-21-18-4-3-17(45(42,43)37-28(14-31)6-7-28)12-20(18)40(24(21)34-15-33-23)27-36-35-25(44-27)22(29)30/h2-5,12-13,15,22,37H,6-11H2,1H3. The summed E-state index contributed by atoms with van der Waals surface area (Å²) in [7, 11) is -4.10. The quantitative estimate of drug-likeness (QED) is 0.276. The number of halogens is 2. The number of carbonyl (C=O) groups excluding carboxylic acids is 1. The molecule has 1 aromatic carbocycles. The summed E-state index contributed by atoms with van der Waals surface area (Å²) in [6.45, 7) is 3.59. The van der Waals surface area contributed by atoms with Gasteiger partial charge >= 0.3 is 0 Å². The van der Waals surface area contributed by atoms with E-state index < -0.39 is 27.0 Å². The molecule has 2 fully saturated rings. The van der Waals surface area contributed by atoms with E-state index in [4.69, 9.17) is 0 Å². The Kier molecular flexibility index (Phi) is 6.95. The lowest BCUT2D eigenvalue weighted by atomic mass is 10.2. The zero-order valence-electron chi connectivity index (χ0n) is 23.7. The Balaban J connectivity index is 1.30. The van der Waals surface area contributed by atoms with Crippen LogP contribution in [-0.2, 0) is 10.0 Å². The topological polar surface area (TPSA) is 163 Å². The number of nitrogens with zero attached hydrogens (tertiary/aromatic N) is 9. The molecular weight excluding hydrogens is 627 g/mol. The molecule has 0 atom stereocenters. The zero-order chi connectivity index (χ0) is 31.5. The first-order valence-corrected chi connectivity index (χ1v) is 16.2. The molecule has 1 saturated carbocycles. The summed E-state index contributed by atoms with van der Waals surface area (Å²) in [6, 6.07) is 10.0. The number of aromatic nitrogens is 6. The number of sulfonamides is 1. The number of pyridine rings is 1. The van der Waals surface area contributed by atoms with Gasteiger partial charge in [-0.05, 0) is 43.5 Å². The van der Waals surface area contributed by atoms with Gasteiger partial charge in [0.1, 0.15) is 23.4 Å². The zero-order valence-corrected chi connectivity index (χ0v) is 25.3. The number of alkyl halides is 2. The molecule has 0 unspecified atom stereocenters. The summed E-state index contributed by atoms with van der Waals surface area (Å²) >= 11 is 0.668. The highest BCUT2D eigenvalue weighted by atomic mass is 32.2. The number of piperazine rings is 1. The molecule has 45 heavy (non-hydrogen) atoms. The number of rotatable bonds is 7. The van der Waals surface area contributed by atoms with Crippen LogP contribution in [0.3, 0.4) is 0 Å². The summed E-state index contributed by atoms with van der Waals surface area (Å²) in [6.07, 6.45) is 0.972. The third kappa shape index (κ3) is 5.14. The van der Waals surface area contributed by atoms with Crippen LogP contribution in [0.25, 0.3) is 27.1 Å². The number of nitriles is 1.